The van der Waals surface area contributed by atoms with Gasteiger partial charge < -0.3 is 4.74 Å². The zero-order chi connectivity index (χ0) is 7.33. The quantitative estimate of drug-likeness (QED) is 0.465. The van der Waals surface area contributed by atoms with Crippen molar-refractivity contribution in [3.05, 3.63) is 0 Å². The number of ether oxygens (including phenoxy) is 1. The lowest BCUT2D eigenvalue weighted by atomic mass is 10.1. The predicted octanol–water partition coefficient (Wildman–Crippen LogP) is 1.29. The molecule has 0 radical (unpaired) electrons. The van der Waals surface area contributed by atoms with Crippen LogP contribution in [0, 0.1) is 0 Å². The van der Waals surface area contributed by atoms with Crippen molar-refractivity contribution in [2.24, 2.45) is 0 Å². The van der Waals surface area contributed by atoms with Crippen LogP contribution in [0.15, 0.2) is 0 Å². The molecule has 1 N–H and O–H groups in total. The largest absolute Gasteiger partial charge is 0.379 e. The highest BCUT2D eigenvalue weighted by Crippen LogP contribution is 2.11. The van der Waals surface area contributed by atoms with Crippen molar-refractivity contribution >= 4 is 0 Å². The molecule has 0 heterocycles. The summed E-state index contributed by atoms with van der Waals surface area (Å²) >= 11 is 0. The third kappa shape index (κ3) is 4.39. The first-order valence-electron chi connectivity index (χ1n) is 2.94. The fourth-order valence-electron chi connectivity index (χ4n) is 0.393. The Kier molecular flexibility index (Phi) is 3.77. The molecular formula is C6H14O3. The van der Waals surface area contributed by atoms with Crippen molar-refractivity contribution in [3.63, 3.8) is 0 Å². The topological polar surface area (TPSA) is 38.7 Å². The highest BCUT2D eigenvalue weighted by atomic mass is 17.1. The standard InChI is InChI=1S/C6H14O3/c1-6(2,8-3)4-5-9-7/h7H,4-5H2,1-3H3. The average Bonchev–Trinajstić information content (AvgIpc) is 1.84. The molecule has 9 heavy (non-hydrogen) atoms. The van der Waals surface area contributed by atoms with Gasteiger partial charge in [0.2, 0.25) is 0 Å². The third-order valence-electron chi connectivity index (χ3n) is 1.35. The highest BCUT2D eigenvalue weighted by molar-refractivity contribution is 4.65. The van der Waals surface area contributed by atoms with Crippen molar-refractivity contribution in [3.8, 4) is 0 Å². The molecule has 0 atom stereocenters. The summed E-state index contributed by atoms with van der Waals surface area (Å²) in [5, 5.41) is 7.97. The summed E-state index contributed by atoms with van der Waals surface area (Å²) < 4.78 is 5.05. The molecule has 0 aromatic carbocycles. The van der Waals surface area contributed by atoms with E-state index in [1.54, 1.807) is 7.11 Å². The Morgan fingerprint density at radius 1 is 1.44 bits per heavy atom. The molecule has 0 aromatic rings. The summed E-state index contributed by atoms with van der Waals surface area (Å²) in [5.74, 6) is 0. The minimum atomic E-state index is -0.192. The molecular weight excluding hydrogens is 120 g/mol. The summed E-state index contributed by atoms with van der Waals surface area (Å²) in [6.45, 7) is 4.19. The van der Waals surface area contributed by atoms with E-state index < -0.39 is 0 Å². The lowest BCUT2D eigenvalue weighted by Crippen LogP contribution is -2.24. The van der Waals surface area contributed by atoms with E-state index in [2.05, 4.69) is 4.89 Å². The second-order valence-corrected chi connectivity index (χ2v) is 2.55. The van der Waals surface area contributed by atoms with Crippen LogP contribution in [0.3, 0.4) is 0 Å². The van der Waals surface area contributed by atoms with Gasteiger partial charge in [0, 0.05) is 13.5 Å². The molecule has 0 unspecified atom stereocenters. The van der Waals surface area contributed by atoms with Gasteiger partial charge in [0.05, 0.1) is 12.2 Å². The Hall–Kier alpha value is -0.120. The molecule has 0 aliphatic rings. The molecule has 3 heteroatoms. The van der Waals surface area contributed by atoms with E-state index in [-0.39, 0.29) is 5.60 Å². The van der Waals surface area contributed by atoms with Gasteiger partial charge in [-0.25, -0.2) is 4.89 Å². The van der Waals surface area contributed by atoms with E-state index in [0.29, 0.717) is 13.0 Å². The van der Waals surface area contributed by atoms with E-state index in [1.807, 2.05) is 13.8 Å². The predicted molar refractivity (Wildman–Crippen MR) is 34.3 cm³/mol. The molecule has 0 amide bonds. The van der Waals surface area contributed by atoms with Crippen molar-refractivity contribution in [1.29, 1.82) is 0 Å². The van der Waals surface area contributed by atoms with Gasteiger partial charge in [-0.2, -0.15) is 0 Å². The van der Waals surface area contributed by atoms with Gasteiger partial charge >= 0.3 is 0 Å². The Labute approximate surface area is 55.5 Å². The first-order valence-corrected chi connectivity index (χ1v) is 2.94. The maximum absolute atomic E-state index is 7.97. The van der Waals surface area contributed by atoms with Gasteiger partial charge in [-0.05, 0) is 13.8 Å². The summed E-state index contributed by atoms with van der Waals surface area (Å²) in [5.41, 5.74) is -0.192. The Morgan fingerprint density at radius 2 is 2.00 bits per heavy atom. The number of rotatable bonds is 4. The van der Waals surface area contributed by atoms with Crippen LogP contribution in [0.25, 0.3) is 0 Å². The highest BCUT2D eigenvalue weighted by Gasteiger charge is 2.15. The molecule has 3 nitrogen and oxygen atoms in total. The maximum Gasteiger partial charge on any atom is 0.0847 e. The second-order valence-electron chi connectivity index (χ2n) is 2.55. The van der Waals surface area contributed by atoms with Crippen LogP contribution in [0.2, 0.25) is 0 Å². The van der Waals surface area contributed by atoms with E-state index >= 15 is 0 Å². The zero-order valence-corrected chi connectivity index (χ0v) is 6.18. The van der Waals surface area contributed by atoms with Crippen molar-refractivity contribution in [2.75, 3.05) is 13.7 Å². The second kappa shape index (κ2) is 3.82. The fraction of sp³-hybridized carbons (Fsp3) is 1.00. The Bertz CT molecular complexity index is 70.7. The van der Waals surface area contributed by atoms with Crippen LogP contribution >= 0.6 is 0 Å². The average molecular weight is 134 g/mol. The van der Waals surface area contributed by atoms with Gasteiger partial charge in [0.1, 0.15) is 0 Å². The minimum absolute atomic E-state index is 0.192. The van der Waals surface area contributed by atoms with Crippen LogP contribution in [-0.4, -0.2) is 24.6 Å². The first-order chi connectivity index (χ1) is 4.12. The van der Waals surface area contributed by atoms with Gasteiger partial charge in [-0.3, -0.25) is 5.26 Å². The summed E-state index contributed by atoms with van der Waals surface area (Å²) in [7, 11) is 1.64. The van der Waals surface area contributed by atoms with Gasteiger partial charge in [0.25, 0.3) is 0 Å². The van der Waals surface area contributed by atoms with Gasteiger partial charge in [0.15, 0.2) is 0 Å². The zero-order valence-electron chi connectivity index (χ0n) is 6.18. The van der Waals surface area contributed by atoms with E-state index in [4.69, 9.17) is 9.99 Å². The fourth-order valence-corrected chi connectivity index (χ4v) is 0.393. The first kappa shape index (κ1) is 8.88. The molecule has 0 rings (SSSR count). The molecule has 56 valence electrons. The van der Waals surface area contributed by atoms with Crippen molar-refractivity contribution < 1.29 is 14.9 Å². The van der Waals surface area contributed by atoms with Crippen molar-refractivity contribution in [1.82, 2.24) is 0 Å². The van der Waals surface area contributed by atoms with Crippen LogP contribution in [0.1, 0.15) is 20.3 Å². The lowest BCUT2D eigenvalue weighted by Gasteiger charge is -2.21. The Balaban J connectivity index is 3.33. The van der Waals surface area contributed by atoms with Crippen LogP contribution in [0.4, 0.5) is 0 Å². The molecule has 0 aliphatic heterocycles. The normalized spacial score (nSPS) is 12.0. The van der Waals surface area contributed by atoms with Gasteiger partial charge in [-0.15, -0.1) is 0 Å². The SMILES string of the molecule is COC(C)(C)CCOO. The van der Waals surface area contributed by atoms with Crippen LogP contribution in [0.5, 0.6) is 0 Å². The lowest BCUT2D eigenvalue weighted by molar-refractivity contribution is -0.248. The molecule has 0 aromatic heterocycles. The number of hydrogen-bond donors (Lipinski definition) is 1. The maximum atomic E-state index is 7.97. The summed E-state index contributed by atoms with van der Waals surface area (Å²) in [6.07, 6.45) is 0.694. The van der Waals surface area contributed by atoms with Gasteiger partial charge in [-0.1, -0.05) is 0 Å². The molecule has 0 saturated carbocycles. The summed E-state index contributed by atoms with van der Waals surface area (Å²) in [4.78, 5) is 3.90. The molecule has 0 spiro atoms. The van der Waals surface area contributed by atoms with E-state index in [0.717, 1.165) is 0 Å². The van der Waals surface area contributed by atoms with E-state index in [9.17, 15) is 0 Å². The molecule has 0 saturated heterocycles. The molecule has 0 bridgehead atoms. The molecule has 0 fully saturated rings. The number of methoxy groups -OCH3 is 1. The van der Waals surface area contributed by atoms with Crippen LogP contribution < -0.4 is 0 Å². The van der Waals surface area contributed by atoms with Crippen molar-refractivity contribution in [2.45, 2.75) is 25.9 Å². The monoisotopic (exact) mass is 134 g/mol. The number of hydrogen-bond acceptors (Lipinski definition) is 3. The molecule has 0 aliphatic carbocycles. The smallest absolute Gasteiger partial charge is 0.0847 e. The minimum Gasteiger partial charge on any atom is -0.379 e. The van der Waals surface area contributed by atoms with E-state index in [1.165, 1.54) is 0 Å². The third-order valence-corrected chi connectivity index (χ3v) is 1.35. The summed E-state index contributed by atoms with van der Waals surface area (Å²) in [6, 6.07) is 0. The Morgan fingerprint density at radius 3 is 2.33 bits per heavy atom. The van der Waals surface area contributed by atoms with Crippen LogP contribution in [-0.2, 0) is 9.62 Å².